The highest BCUT2D eigenvalue weighted by Crippen LogP contribution is 2.18. The third kappa shape index (κ3) is 5.05. The second-order valence-corrected chi connectivity index (χ2v) is 6.71. The molecule has 148 valence electrons. The predicted molar refractivity (Wildman–Crippen MR) is 117 cm³/mol. The molecule has 2 aromatic heterocycles. The van der Waals surface area contributed by atoms with E-state index < -0.39 is 0 Å². The summed E-state index contributed by atoms with van der Waals surface area (Å²) in [7, 11) is 0. The molecule has 2 aromatic carbocycles. The van der Waals surface area contributed by atoms with Crippen molar-refractivity contribution in [3.05, 3.63) is 108 Å². The van der Waals surface area contributed by atoms with Crippen molar-refractivity contribution in [2.24, 2.45) is 0 Å². The molecule has 0 radical (unpaired) electrons. The second-order valence-electron chi connectivity index (χ2n) is 6.71. The zero-order chi connectivity index (χ0) is 20.6. The Morgan fingerprint density at radius 2 is 1.53 bits per heavy atom. The topological polar surface area (TPSA) is 79.8 Å². The zero-order valence-electron chi connectivity index (χ0n) is 16.3. The van der Waals surface area contributed by atoms with Crippen LogP contribution in [-0.4, -0.2) is 20.9 Å². The van der Waals surface area contributed by atoms with Crippen LogP contribution in [0.2, 0.25) is 0 Å². The number of rotatable bonds is 7. The van der Waals surface area contributed by atoms with E-state index in [1.165, 1.54) is 0 Å². The van der Waals surface area contributed by atoms with Crippen LogP contribution in [0.25, 0.3) is 11.4 Å². The molecule has 0 bridgehead atoms. The number of benzene rings is 2. The van der Waals surface area contributed by atoms with Crippen molar-refractivity contribution >= 4 is 11.7 Å². The minimum Gasteiger partial charge on any atom is -0.366 e. The fraction of sp³-hybridized carbons (Fsp3) is 0.0833. The summed E-state index contributed by atoms with van der Waals surface area (Å²) in [6, 6.07) is 25.1. The summed E-state index contributed by atoms with van der Waals surface area (Å²) in [5, 5.41) is 6.20. The molecule has 2 N–H and O–H groups in total. The van der Waals surface area contributed by atoms with Gasteiger partial charge in [-0.05, 0) is 17.2 Å². The van der Waals surface area contributed by atoms with Crippen LogP contribution in [0.3, 0.4) is 0 Å². The van der Waals surface area contributed by atoms with Crippen molar-refractivity contribution in [3.63, 3.8) is 0 Å². The monoisotopic (exact) mass is 395 g/mol. The summed E-state index contributed by atoms with van der Waals surface area (Å²) in [5.74, 6) is 0.834. The molecule has 4 rings (SSSR count). The summed E-state index contributed by atoms with van der Waals surface area (Å²) in [6.45, 7) is 0.979. The van der Waals surface area contributed by atoms with Crippen LogP contribution in [0.4, 0.5) is 5.82 Å². The maximum Gasteiger partial charge on any atom is 0.270 e. The molecule has 0 atom stereocenters. The van der Waals surface area contributed by atoms with Crippen LogP contribution in [0, 0.1) is 0 Å². The van der Waals surface area contributed by atoms with Gasteiger partial charge in [-0.2, -0.15) is 0 Å². The first-order valence-corrected chi connectivity index (χ1v) is 9.67. The van der Waals surface area contributed by atoms with Gasteiger partial charge >= 0.3 is 0 Å². The fourth-order valence-corrected chi connectivity index (χ4v) is 2.93. The van der Waals surface area contributed by atoms with Gasteiger partial charge < -0.3 is 10.6 Å². The number of nitrogens with zero attached hydrogens (tertiary/aromatic N) is 3. The second kappa shape index (κ2) is 9.43. The lowest BCUT2D eigenvalue weighted by Gasteiger charge is -2.11. The van der Waals surface area contributed by atoms with Crippen molar-refractivity contribution in [1.82, 2.24) is 20.3 Å². The van der Waals surface area contributed by atoms with Gasteiger partial charge in [-0.25, -0.2) is 9.97 Å². The van der Waals surface area contributed by atoms with E-state index in [1.54, 1.807) is 18.5 Å². The number of amides is 1. The quantitative estimate of drug-likeness (QED) is 0.493. The summed E-state index contributed by atoms with van der Waals surface area (Å²) in [5.41, 5.74) is 3.20. The highest BCUT2D eigenvalue weighted by molar-refractivity contribution is 5.93. The maximum atomic E-state index is 12.8. The number of carbonyl (C=O) groups is 1. The van der Waals surface area contributed by atoms with Crippen molar-refractivity contribution in [2.75, 3.05) is 5.32 Å². The molecule has 0 saturated carbocycles. The number of nitrogens with one attached hydrogen (secondary N) is 2. The Hall–Kier alpha value is -4.06. The van der Waals surface area contributed by atoms with Crippen LogP contribution >= 0.6 is 0 Å². The average molecular weight is 395 g/mol. The molecule has 0 unspecified atom stereocenters. The van der Waals surface area contributed by atoms with Crippen LogP contribution in [0.15, 0.2) is 91.3 Å². The fourth-order valence-electron chi connectivity index (χ4n) is 2.93. The molecule has 2 heterocycles. The Bertz CT molecular complexity index is 1100. The van der Waals surface area contributed by atoms with Gasteiger partial charge in [0.25, 0.3) is 5.91 Å². The molecule has 0 spiro atoms. The van der Waals surface area contributed by atoms with Gasteiger partial charge in [-0.1, -0.05) is 66.7 Å². The molecule has 6 heteroatoms. The maximum absolute atomic E-state index is 12.8. The summed E-state index contributed by atoms with van der Waals surface area (Å²) in [6.07, 6.45) is 3.43. The van der Waals surface area contributed by atoms with E-state index in [0.717, 1.165) is 16.7 Å². The minimum atomic E-state index is -0.263. The van der Waals surface area contributed by atoms with Gasteiger partial charge in [0.1, 0.15) is 11.5 Å². The number of hydrogen-bond donors (Lipinski definition) is 2. The first kappa shape index (κ1) is 19.3. The van der Waals surface area contributed by atoms with E-state index >= 15 is 0 Å². The molecular weight excluding hydrogens is 374 g/mol. The molecule has 0 aliphatic rings. The summed E-state index contributed by atoms with van der Waals surface area (Å²) in [4.78, 5) is 25.9. The molecule has 1 amide bonds. The van der Waals surface area contributed by atoms with Crippen LogP contribution in [-0.2, 0) is 13.1 Å². The Balaban J connectivity index is 1.57. The summed E-state index contributed by atoms with van der Waals surface area (Å²) >= 11 is 0. The Morgan fingerprint density at radius 3 is 2.27 bits per heavy atom. The minimum absolute atomic E-state index is 0.263. The van der Waals surface area contributed by atoms with Gasteiger partial charge in [0, 0.05) is 37.1 Å². The van der Waals surface area contributed by atoms with Crippen molar-refractivity contribution in [2.45, 2.75) is 13.1 Å². The van der Waals surface area contributed by atoms with Gasteiger partial charge in [-0.15, -0.1) is 0 Å². The zero-order valence-corrected chi connectivity index (χ0v) is 16.3. The van der Waals surface area contributed by atoms with Crippen LogP contribution in [0.1, 0.15) is 21.6 Å². The number of pyridine rings is 1. The van der Waals surface area contributed by atoms with Crippen molar-refractivity contribution < 1.29 is 4.79 Å². The van der Waals surface area contributed by atoms with Crippen molar-refractivity contribution in [1.29, 1.82) is 0 Å². The van der Waals surface area contributed by atoms with Crippen molar-refractivity contribution in [3.8, 4) is 11.4 Å². The van der Waals surface area contributed by atoms with Gasteiger partial charge in [-0.3, -0.25) is 9.78 Å². The van der Waals surface area contributed by atoms with Gasteiger partial charge in [0.15, 0.2) is 5.82 Å². The van der Waals surface area contributed by atoms with Gasteiger partial charge in [0.05, 0.1) is 0 Å². The molecule has 6 nitrogen and oxygen atoms in total. The number of carbonyl (C=O) groups excluding carboxylic acids is 1. The third-order valence-electron chi connectivity index (χ3n) is 4.48. The lowest BCUT2D eigenvalue weighted by molar-refractivity contribution is 0.0946. The van der Waals surface area contributed by atoms with Crippen LogP contribution in [0.5, 0.6) is 0 Å². The molecule has 4 aromatic rings. The van der Waals surface area contributed by atoms with E-state index in [4.69, 9.17) is 0 Å². The smallest absolute Gasteiger partial charge is 0.270 e. The Morgan fingerprint density at radius 1 is 0.800 bits per heavy atom. The highest BCUT2D eigenvalue weighted by atomic mass is 16.1. The van der Waals surface area contributed by atoms with E-state index in [1.807, 2.05) is 72.8 Å². The van der Waals surface area contributed by atoms with E-state index in [0.29, 0.717) is 30.4 Å². The molecule has 30 heavy (non-hydrogen) atoms. The third-order valence-corrected chi connectivity index (χ3v) is 4.48. The SMILES string of the molecule is O=C(NCc1cccnc1)c1cc(NCc2ccccc2)nc(-c2ccccc2)n1. The number of anilines is 1. The lowest BCUT2D eigenvalue weighted by Crippen LogP contribution is -2.24. The number of aromatic nitrogens is 3. The predicted octanol–water partition coefficient (Wildman–Crippen LogP) is 4.08. The lowest BCUT2D eigenvalue weighted by atomic mass is 10.2. The van der Waals surface area contributed by atoms with Gasteiger partial charge in [0.2, 0.25) is 0 Å². The molecular formula is C24H21N5O. The summed E-state index contributed by atoms with van der Waals surface area (Å²) < 4.78 is 0. The Labute approximate surface area is 175 Å². The Kier molecular flexibility index (Phi) is 6.05. The number of hydrogen-bond acceptors (Lipinski definition) is 5. The molecule has 0 saturated heterocycles. The van der Waals surface area contributed by atoms with E-state index in [2.05, 4.69) is 25.6 Å². The van der Waals surface area contributed by atoms with Crippen LogP contribution < -0.4 is 10.6 Å². The molecule has 0 fully saturated rings. The molecule has 0 aliphatic heterocycles. The largest absolute Gasteiger partial charge is 0.366 e. The van der Waals surface area contributed by atoms with E-state index in [9.17, 15) is 4.79 Å². The average Bonchev–Trinajstić information content (AvgIpc) is 2.83. The van der Waals surface area contributed by atoms with E-state index in [-0.39, 0.29) is 5.91 Å². The highest BCUT2D eigenvalue weighted by Gasteiger charge is 2.13. The first-order chi connectivity index (χ1) is 14.8. The molecule has 0 aliphatic carbocycles. The standard InChI is InChI=1S/C24H21N5O/c30-24(27-17-19-10-7-13-25-15-19)21-14-22(26-16-18-8-3-1-4-9-18)29-23(28-21)20-11-5-2-6-12-20/h1-15H,16-17H2,(H,27,30)(H,26,28,29). The first-order valence-electron chi connectivity index (χ1n) is 9.67. The normalized spacial score (nSPS) is 10.4.